The fraction of sp³-hybridized carbons (Fsp3) is 0.143. The first-order valence-corrected chi connectivity index (χ1v) is 7.14. The zero-order valence-electron chi connectivity index (χ0n) is 11.3. The summed E-state index contributed by atoms with van der Waals surface area (Å²) in [7, 11) is 0. The monoisotopic (exact) mass is 320 g/mol. The van der Waals surface area contributed by atoms with E-state index in [9.17, 15) is 0 Å². The first-order valence-electron chi connectivity index (χ1n) is 6.36. The van der Waals surface area contributed by atoms with Crippen molar-refractivity contribution in [2.75, 3.05) is 5.43 Å². The Balaban J connectivity index is 1.75. The molecular formula is C14H13ClN4OS. The molecule has 0 aliphatic heterocycles. The van der Waals surface area contributed by atoms with E-state index in [1.807, 2.05) is 43.3 Å². The van der Waals surface area contributed by atoms with Crippen LogP contribution >= 0.6 is 23.8 Å². The average molecular weight is 321 g/mol. The maximum Gasteiger partial charge on any atom is 0.214 e. The highest BCUT2D eigenvalue weighted by molar-refractivity contribution is 7.71. The molecule has 5 nitrogen and oxygen atoms in total. The molecule has 0 bridgehead atoms. The lowest BCUT2D eigenvalue weighted by atomic mass is 10.2. The van der Waals surface area contributed by atoms with Crippen LogP contribution < -0.4 is 5.43 Å². The molecule has 0 amide bonds. The average Bonchev–Trinajstić information content (AvgIpc) is 3.05. The Morgan fingerprint density at radius 2 is 2.24 bits per heavy atom. The predicted octanol–water partition coefficient (Wildman–Crippen LogP) is 3.91. The van der Waals surface area contributed by atoms with E-state index in [1.54, 1.807) is 4.68 Å². The molecule has 21 heavy (non-hydrogen) atoms. The number of rotatable bonds is 4. The van der Waals surface area contributed by atoms with E-state index in [1.165, 1.54) is 0 Å². The molecule has 0 spiro atoms. The van der Waals surface area contributed by atoms with E-state index >= 15 is 0 Å². The Bertz CT molecular complexity index is 820. The van der Waals surface area contributed by atoms with Gasteiger partial charge in [0, 0.05) is 10.6 Å². The lowest BCUT2D eigenvalue weighted by molar-refractivity contribution is 0.521. The number of benzene rings is 1. The van der Waals surface area contributed by atoms with Crippen molar-refractivity contribution in [3.05, 3.63) is 57.8 Å². The van der Waals surface area contributed by atoms with Crippen LogP contribution in [0.25, 0.3) is 11.3 Å². The van der Waals surface area contributed by atoms with Gasteiger partial charge in [0.1, 0.15) is 17.3 Å². The Hall–Kier alpha value is -2.05. The quantitative estimate of drug-likeness (QED) is 0.716. The molecule has 3 rings (SSSR count). The van der Waals surface area contributed by atoms with Crippen molar-refractivity contribution in [3.8, 4) is 11.3 Å². The summed E-state index contributed by atoms with van der Waals surface area (Å²) >= 11 is 11.1. The number of aromatic amines is 1. The van der Waals surface area contributed by atoms with Gasteiger partial charge in [0.05, 0.1) is 6.54 Å². The van der Waals surface area contributed by atoms with Gasteiger partial charge in [-0.3, -0.25) is 5.10 Å². The molecule has 1 aromatic carbocycles. The summed E-state index contributed by atoms with van der Waals surface area (Å²) in [5.74, 6) is 2.34. The minimum Gasteiger partial charge on any atom is -0.459 e. The first-order chi connectivity index (χ1) is 10.1. The smallest absolute Gasteiger partial charge is 0.214 e. The number of aromatic nitrogens is 3. The van der Waals surface area contributed by atoms with Crippen LogP contribution in [-0.2, 0) is 6.54 Å². The largest absolute Gasteiger partial charge is 0.459 e. The zero-order chi connectivity index (χ0) is 14.8. The van der Waals surface area contributed by atoms with Crippen LogP contribution in [0.4, 0.5) is 0 Å². The third kappa shape index (κ3) is 3.01. The lowest BCUT2D eigenvalue weighted by Crippen LogP contribution is -2.15. The highest BCUT2D eigenvalue weighted by Gasteiger charge is 2.06. The van der Waals surface area contributed by atoms with E-state index < -0.39 is 0 Å². The zero-order valence-corrected chi connectivity index (χ0v) is 12.8. The van der Waals surface area contributed by atoms with Crippen LogP contribution in [-0.4, -0.2) is 14.9 Å². The van der Waals surface area contributed by atoms with Crippen molar-refractivity contribution >= 4 is 23.8 Å². The maximum atomic E-state index is 5.99. The Morgan fingerprint density at radius 1 is 1.38 bits per heavy atom. The SMILES string of the molecule is Cc1n[nH]c(=S)n1NCc1ccc(-c2cccc(Cl)c2)o1. The fourth-order valence-corrected chi connectivity index (χ4v) is 2.42. The van der Waals surface area contributed by atoms with E-state index in [0.717, 1.165) is 22.9 Å². The summed E-state index contributed by atoms with van der Waals surface area (Å²) in [6, 6.07) is 11.4. The van der Waals surface area contributed by atoms with Gasteiger partial charge >= 0.3 is 0 Å². The van der Waals surface area contributed by atoms with Crippen molar-refractivity contribution in [2.24, 2.45) is 0 Å². The van der Waals surface area contributed by atoms with E-state index in [0.29, 0.717) is 16.3 Å². The summed E-state index contributed by atoms with van der Waals surface area (Å²) in [5, 5.41) is 7.43. The van der Waals surface area contributed by atoms with E-state index in [4.69, 9.17) is 28.2 Å². The van der Waals surface area contributed by atoms with Crippen LogP contribution in [0.5, 0.6) is 0 Å². The Labute approximate surface area is 131 Å². The maximum absolute atomic E-state index is 5.99. The molecule has 0 aliphatic carbocycles. The molecule has 0 saturated carbocycles. The molecule has 0 saturated heterocycles. The summed E-state index contributed by atoms with van der Waals surface area (Å²) in [4.78, 5) is 0. The second-order valence-electron chi connectivity index (χ2n) is 4.52. The molecule has 0 radical (unpaired) electrons. The molecule has 2 N–H and O–H groups in total. The van der Waals surface area contributed by atoms with Gasteiger partial charge in [-0.25, -0.2) is 4.68 Å². The van der Waals surface area contributed by atoms with Crippen LogP contribution in [0.3, 0.4) is 0 Å². The van der Waals surface area contributed by atoms with Crippen molar-refractivity contribution in [2.45, 2.75) is 13.5 Å². The number of furan rings is 1. The van der Waals surface area contributed by atoms with Crippen LogP contribution in [0.2, 0.25) is 5.02 Å². The minimum atomic E-state index is 0.509. The van der Waals surface area contributed by atoms with Gasteiger partial charge < -0.3 is 9.84 Å². The van der Waals surface area contributed by atoms with Gasteiger partial charge in [-0.05, 0) is 43.4 Å². The highest BCUT2D eigenvalue weighted by atomic mass is 35.5. The van der Waals surface area contributed by atoms with Gasteiger partial charge in [0.2, 0.25) is 4.77 Å². The van der Waals surface area contributed by atoms with Gasteiger partial charge in [0.25, 0.3) is 0 Å². The van der Waals surface area contributed by atoms with Crippen molar-refractivity contribution < 1.29 is 4.42 Å². The molecular weight excluding hydrogens is 308 g/mol. The Kier molecular flexibility index (Phi) is 3.81. The van der Waals surface area contributed by atoms with Crippen molar-refractivity contribution in [3.63, 3.8) is 0 Å². The van der Waals surface area contributed by atoms with Crippen molar-refractivity contribution in [1.82, 2.24) is 14.9 Å². The number of nitrogens with one attached hydrogen (secondary N) is 2. The third-order valence-electron chi connectivity index (χ3n) is 3.02. The summed E-state index contributed by atoms with van der Waals surface area (Å²) in [6.45, 7) is 2.37. The highest BCUT2D eigenvalue weighted by Crippen LogP contribution is 2.24. The molecule has 2 aromatic heterocycles. The molecule has 7 heteroatoms. The van der Waals surface area contributed by atoms with E-state index in [-0.39, 0.29) is 0 Å². The number of halogens is 1. The topological polar surface area (TPSA) is 58.8 Å². The second-order valence-corrected chi connectivity index (χ2v) is 5.35. The number of H-pyrrole nitrogens is 1. The van der Waals surface area contributed by atoms with Gasteiger partial charge in [-0.2, -0.15) is 5.10 Å². The van der Waals surface area contributed by atoms with Crippen LogP contribution in [0.1, 0.15) is 11.6 Å². The number of hydrogen-bond donors (Lipinski definition) is 2. The molecule has 0 aliphatic rings. The second kappa shape index (κ2) is 5.75. The summed E-state index contributed by atoms with van der Waals surface area (Å²) in [5.41, 5.74) is 4.10. The molecule has 108 valence electrons. The minimum absolute atomic E-state index is 0.509. The number of hydrogen-bond acceptors (Lipinski definition) is 4. The third-order valence-corrected chi connectivity index (χ3v) is 3.53. The van der Waals surface area contributed by atoms with E-state index in [2.05, 4.69) is 15.6 Å². The standard InChI is InChI=1S/C14H13ClN4OS/c1-9-17-18-14(21)19(9)16-8-12-5-6-13(20-12)10-3-2-4-11(15)7-10/h2-7,16H,8H2,1H3,(H,18,21). The summed E-state index contributed by atoms with van der Waals surface area (Å²) in [6.07, 6.45) is 0. The molecule has 2 heterocycles. The van der Waals surface area contributed by atoms with Crippen LogP contribution in [0.15, 0.2) is 40.8 Å². The first kappa shape index (κ1) is 13.9. The number of nitrogens with zero attached hydrogens (tertiary/aromatic N) is 2. The normalized spacial score (nSPS) is 10.8. The van der Waals surface area contributed by atoms with Crippen LogP contribution in [0, 0.1) is 11.7 Å². The predicted molar refractivity (Wildman–Crippen MR) is 84.4 cm³/mol. The molecule has 0 fully saturated rings. The molecule has 0 atom stereocenters. The summed E-state index contributed by atoms with van der Waals surface area (Å²) < 4.78 is 8.03. The number of aryl methyl sites for hydroxylation is 1. The fourth-order valence-electron chi connectivity index (χ4n) is 1.99. The van der Waals surface area contributed by atoms with Gasteiger partial charge in [-0.15, -0.1) is 0 Å². The molecule has 3 aromatic rings. The van der Waals surface area contributed by atoms with Gasteiger partial charge in [0.15, 0.2) is 0 Å². The van der Waals surface area contributed by atoms with Gasteiger partial charge in [-0.1, -0.05) is 23.7 Å². The Morgan fingerprint density at radius 3 is 2.95 bits per heavy atom. The lowest BCUT2D eigenvalue weighted by Gasteiger charge is -2.05. The molecule has 0 unspecified atom stereocenters. The van der Waals surface area contributed by atoms with Crippen molar-refractivity contribution in [1.29, 1.82) is 0 Å².